The summed E-state index contributed by atoms with van der Waals surface area (Å²) < 4.78 is 41.0. The number of benzene rings is 1. The Balaban J connectivity index is 1.28. The molecule has 2 saturated heterocycles. The molecule has 0 unspecified atom stereocenters. The van der Waals surface area contributed by atoms with Crippen molar-refractivity contribution in [2.75, 3.05) is 26.2 Å². The Hall–Kier alpha value is -3.63. The second-order valence-electron chi connectivity index (χ2n) is 10.2. The van der Waals surface area contributed by atoms with Crippen molar-refractivity contribution in [3.05, 3.63) is 65.5 Å². The maximum absolute atomic E-state index is 14.4. The molecule has 1 saturated carbocycles. The number of halogens is 3. The van der Waals surface area contributed by atoms with Crippen molar-refractivity contribution < 1.29 is 27.6 Å². The zero-order valence-corrected chi connectivity index (χ0v) is 20.8. The van der Waals surface area contributed by atoms with Crippen molar-refractivity contribution in [3.63, 3.8) is 0 Å². The molecule has 2 N–H and O–H groups in total. The fraction of sp³-hybridized carbons (Fsp3) is 0.481. The van der Waals surface area contributed by atoms with E-state index < -0.39 is 36.0 Å². The smallest absolute Gasteiger partial charge is 0.317 e. The Bertz CT molecular complexity index is 1170. The number of hydrogen-bond donors (Lipinski definition) is 2. The summed E-state index contributed by atoms with van der Waals surface area (Å²) in [5.74, 6) is -3.96. The third kappa shape index (κ3) is 5.61. The van der Waals surface area contributed by atoms with Crippen molar-refractivity contribution in [3.8, 4) is 0 Å². The van der Waals surface area contributed by atoms with Gasteiger partial charge in [0.1, 0.15) is 12.2 Å². The van der Waals surface area contributed by atoms with Crippen molar-refractivity contribution in [2.45, 2.75) is 55.8 Å². The molecule has 0 bridgehead atoms. The minimum Gasteiger partial charge on any atom is -0.342 e. The highest BCUT2D eigenvalue weighted by atomic mass is 19.3. The fourth-order valence-electron chi connectivity index (χ4n) is 5.13. The van der Waals surface area contributed by atoms with Gasteiger partial charge < -0.3 is 20.4 Å². The van der Waals surface area contributed by atoms with E-state index in [1.165, 1.54) is 4.90 Å². The SMILES string of the molecule is O=C(N[C@@H](c1ccccc1)c1ccc(C2CC(F)(F)C2)cn1)[C@@H]1C[C@@H](F)CN1C(=O)CNC(=O)N1CCC1. The van der Waals surface area contributed by atoms with Crippen molar-refractivity contribution in [1.82, 2.24) is 25.4 Å². The number of carbonyl (C=O) groups excluding carboxylic acids is 3. The number of carbonyl (C=O) groups is 3. The van der Waals surface area contributed by atoms with Gasteiger partial charge in [0.25, 0.3) is 0 Å². The average molecular weight is 530 g/mol. The van der Waals surface area contributed by atoms with Gasteiger partial charge in [-0.1, -0.05) is 36.4 Å². The molecular formula is C27H30F3N5O3. The number of rotatable bonds is 7. The van der Waals surface area contributed by atoms with Gasteiger partial charge in [-0.25, -0.2) is 18.0 Å². The van der Waals surface area contributed by atoms with Crippen LogP contribution in [0.2, 0.25) is 0 Å². The molecule has 3 atom stereocenters. The Morgan fingerprint density at radius 1 is 1.08 bits per heavy atom. The van der Waals surface area contributed by atoms with E-state index in [9.17, 15) is 27.6 Å². The Labute approximate surface area is 218 Å². The van der Waals surface area contributed by atoms with Crippen LogP contribution in [0.25, 0.3) is 0 Å². The van der Waals surface area contributed by atoms with Gasteiger partial charge in [-0.05, 0) is 29.5 Å². The minimum atomic E-state index is -2.64. The van der Waals surface area contributed by atoms with Crippen LogP contribution in [0.5, 0.6) is 0 Å². The molecule has 3 fully saturated rings. The van der Waals surface area contributed by atoms with Crippen LogP contribution in [-0.4, -0.2) is 76.9 Å². The lowest BCUT2D eigenvalue weighted by Crippen LogP contribution is -2.52. The monoisotopic (exact) mass is 529 g/mol. The number of alkyl halides is 3. The summed E-state index contributed by atoms with van der Waals surface area (Å²) in [5.41, 5.74) is 1.94. The molecule has 3 heterocycles. The molecule has 3 aliphatic rings. The zero-order chi connectivity index (χ0) is 26.9. The van der Waals surface area contributed by atoms with Gasteiger partial charge in [0, 0.05) is 38.5 Å². The van der Waals surface area contributed by atoms with Crippen LogP contribution in [0, 0.1) is 0 Å². The van der Waals surface area contributed by atoms with Crippen LogP contribution < -0.4 is 10.6 Å². The molecule has 2 aromatic rings. The quantitative estimate of drug-likeness (QED) is 0.576. The van der Waals surface area contributed by atoms with Gasteiger partial charge in [-0.2, -0.15) is 0 Å². The molecule has 8 nitrogen and oxygen atoms in total. The molecule has 202 valence electrons. The van der Waals surface area contributed by atoms with Crippen molar-refractivity contribution >= 4 is 17.8 Å². The number of nitrogens with zero attached hydrogens (tertiary/aromatic N) is 3. The summed E-state index contributed by atoms with van der Waals surface area (Å²) in [4.78, 5) is 45.5. The summed E-state index contributed by atoms with van der Waals surface area (Å²) in [7, 11) is 0. The van der Waals surface area contributed by atoms with E-state index in [2.05, 4.69) is 15.6 Å². The van der Waals surface area contributed by atoms with Crippen molar-refractivity contribution in [2.24, 2.45) is 0 Å². The first kappa shape index (κ1) is 26.0. The zero-order valence-electron chi connectivity index (χ0n) is 20.8. The highest BCUT2D eigenvalue weighted by Crippen LogP contribution is 2.48. The topological polar surface area (TPSA) is 94.6 Å². The summed E-state index contributed by atoms with van der Waals surface area (Å²) in [5, 5.41) is 5.45. The van der Waals surface area contributed by atoms with Gasteiger partial charge >= 0.3 is 6.03 Å². The number of urea groups is 1. The lowest BCUT2D eigenvalue weighted by Gasteiger charge is -2.35. The van der Waals surface area contributed by atoms with E-state index >= 15 is 0 Å². The maximum Gasteiger partial charge on any atom is 0.317 e. The van der Waals surface area contributed by atoms with Gasteiger partial charge in [-0.3, -0.25) is 14.6 Å². The molecule has 2 aliphatic heterocycles. The highest BCUT2D eigenvalue weighted by molar-refractivity contribution is 5.91. The van der Waals surface area contributed by atoms with E-state index in [1.807, 2.05) is 30.3 Å². The molecule has 5 rings (SSSR count). The fourth-order valence-corrected chi connectivity index (χ4v) is 5.13. The Morgan fingerprint density at radius 2 is 1.82 bits per heavy atom. The molecule has 38 heavy (non-hydrogen) atoms. The van der Waals surface area contributed by atoms with E-state index in [-0.39, 0.29) is 44.3 Å². The van der Waals surface area contributed by atoms with Gasteiger partial charge in [0.05, 0.1) is 24.8 Å². The normalized spacial score (nSPS) is 23.2. The number of amides is 4. The highest BCUT2D eigenvalue weighted by Gasteiger charge is 2.46. The first-order valence-corrected chi connectivity index (χ1v) is 12.9. The predicted octanol–water partition coefficient (Wildman–Crippen LogP) is 3.15. The predicted molar refractivity (Wildman–Crippen MR) is 132 cm³/mol. The summed E-state index contributed by atoms with van der Waals surface area (Å²) in [6.45, 7) is 0.706. The number of pyridine rings is 1. The first-order chi connectivity index (χ1) is 18.2. The van der Waals surface area contributed by atoms with Crippen LogP contribution >= 0.6 is 0 Å². The van der Waals surface area contributed by atoms with E-state index in [0.717, 1.165) is 12.0 Å². The molecule has 1 aromatic carbocycles. The first-order valence-electron chi connectivity index (χ1n) is 12.9. The molecule has 0 spiro atoms. The van der Waals surface area contributed by atoms with Gasteiger partial charge in [0.2, 0.25) is 17.7 Å². The second kappa shape index (κ2) is 10.6. The molecule has 1 aromatic heterocycles. The van der Waals surface area contributed by atoms with Crippen LogP contribution in [0.15, 0.2) is 48.7 Å². The van der Waals surface area contributed by atoms with Crippen LogP contribution in [0.1, 0.15) is 54.5 Å². The van der Waals surface area contributed by atoms with Crippen molar-refractivity contribution in [1.29, 1.82) is 0 Å². The third-order valence-electron chi connectivity index (χ3n) is 7.49. The number of nitrogens with one attached hydrogen (secondary N) is 2. The van der Waals surface area contributed by atoms with Gasteiger partial charge in [-0.15, -0.1) is 0 Å². The molecule has 0 radical (unpaired) electrons. The van der Waals surface area contributed by atoms with E-state index in [4.69, 9.17) is 0 Å². The Morgan fingerprint density at radius 3 is 2.42 bits per heavy atom. The molecule has 4 amide bonds. The Kier molecular flexibility index (Phi) is 7.27. The summed E-state index contributed by atoms with van der Waals surface area (Å²) >= 11 is 0. The number of likely N-dealkylation sites (tertiary alicyclic amines) is 2. The average Bonchev–Trinajstić information content (AvgIpc) is 3.26. The lowest BCUT2D eigenvalue weighted by atomic mass is 9.77. The third-order valence-corrected chi connectivity index (χ3v) is 7.49. The minimum absolute atomic E-state index is 0.151. The number of hydrogen-bond acceptors (Lipinski definition) is 4. The summed E-state index contributed by atoms with van der Waals surface area (Å²) in [6.07, 6.45) is 0.537. The molecular weight excluding hydrogens is 499 g/mol. The molecule has 1 aliphatic carbocycles. The summed E-state index contributed by atoms with van der Waals surface area (Å²) in [6, 6.07) is 10.4. The van der Waals surface area contributed by atoms with E-state index in [1.54, 1.807) is 23.2 Å². The maximum atomic E-state index is 14.4. The largest absolute Gasteiger partial charge is 0.342 e. The molecule has 11 heteroatoms. The number of aromatic nitrogens is 1. The van der Waals surface area contributed by atoms with Crippen LogP contribution in [0.4, 0.5) is 18.0 Å². The van der Waals surface area contributed by atoms with E-state index in [0.29, 0.717) is 24.3 Å². The second-order valence-corrected chi connectivity index (χ2v) is 10.2. The standard InChI is InChI=1S/C27H30F3N5O3/c28-20-11-22(35(16-20)23(36)15-32-26(38)34-9-4-10-34)25(37)33-24(17-5-2-1-3-6-17)21-8-7-18(14-31-21)19-12-27(29,30)13-19/h1-3,5-8,14,19-20,22,24H,4,9-13,15-16H2,(H,32,38)(H,33,37)/t20-,22+,24+/m1/s1. The van der Waals surface area contributed by atoms with Crippen LogP contribution in [0.3, 0.4) is 0 Å². The van der Waals surface area contributed by atoms with Gasteiger partial charge in [0.15, 0.2) is 0 Å². The lowest BCUT2D eigenvalue weighted by molar-refractivity contribution is -0.137. The van der Waals surface area contributed by atoms with Crippen LogP contribution in [-0.2, 0) is 9.59 Å².